The van der Waals surface area contributed by atoms with E-state index >= 15 is 0 Å². The lowest BCUT2D eigenvalue weighted by Crippen LogP contribution is -2.38. The molecule has 0 unspecified atom stereocenters. The van der Waals surface area contributed by atoms with Crippen LogP contribution >= 0.6 is 0 Å². The first-order valence-electron chi connectivity index (χ1n) is 5.43. The molecule has 3 rings (SSSR count). The normalized spacial score (nSPS) is 24.3. The van der Waals surface area contributed by atoms with E-state index < -0.39 is 0 Å². The summed E-state index contributed by atoms with van der Waals surface area (Å²) in [4.78, 5) is 0. The minimum atomic E-state index is -0.195. The fraction of sp³-hybridized carbons (Fsp3) is 0.500. The molecular formula is C12H14FNO. The molecule has 0 bridgehead atoms. The van der Waals surface area contributed by atoms with E-state index in [9.17, 15) is 4.48 Å². The Morgan fingerprint density at radius 2 is 1.93 bits per heavy atom. The highest BCUT2D eigenvalue weighted by Gasteiger charge is 2.42. The summed E-state index contributed by atoms with van der Waals surface area (Å²) in [5.74, 6) is 0. The van der Waals surface area contributed by atoms with Gasteiger partial charge in [-0.25, -0.2) is 0 Å². The van der Waals surface area contributed by atoms with E-state index in [1.807, 2.05) is 12.1 Å². The number of fused-ring (bicyclic) bond motifs is 2. The predicted octanol–water partition coefficient (Wildman–Crippen LogP) is 2.39. The molecule has 2 nitrogen and oxygen atoms in total. The quantitative estimate of drug-likeness (QED) is 0.606. The molecule has 2 aliphatic rings. The number of rotatable bonds is 0. The van der Waals surface area contributed by atoms with Gasteiger partial charge in [-0.3, -0.25) is 0 Å². The summed E-state index contributed by atoms with van der Waals surface area (Å²) in [6.45, 7) is 1.64. The van der Waals surface area contributed by atoms with Gasteiger partial charge in [0.15, 0.2) is 0 Å². The SMILES string of the molecule is FN1CCC2(CC1)OCc1ccccc12. The van der Waals surface area contributed by atoms with Gasteiger partial charge in [-0.2, -0.15) is 0 Å². The molecule has 80 valence electrons. The summed E-state index contributed by atoms with van der Waals surface area (Å²) < 4.78 is 18.9. The Hall–Kier alpha value is -0.930. The van der Waals surface area contributed by atoms with Crippen molar-refractivity contribution in [3.8, 4) is 0 Å². The van der Waals surface area contributed by atoms with Crippen molar-refractivity contribution < 1.29 is 9.22 Å². The van der Waals surface area contributed by atoms with Crippen LogP contribution in [-0.4, -0.2) is 18.2 Å². The summed E-state index contributed by atoms with van der Waals surface area (Å²) in [5, 5.41) is 0.884. The Labute approximate surface area is 88.6 Å². The van der Waals surface area contributed by atoms with Crippen LogP contribution in [0.3, 0.4) is 0 Å². The molecule has 0 N–H and O–H groups in total. The van der Waals surface area contributed by atoms with Gasteiger partial charge in [-0.05, 0) is 24.0 Å². The van der Waals surface area contributed by atoms with Crippen LogP contribution in [0, 0.1) is 0 Å². The van der Waals surface area contributed by atoms with E-state index in [2.05, 4.69) is 12.1 Å². The zero-order chi connectivity index (χ0) is 10.3. The molecule has 0 atom stereocenters. The number of halogens is 1. The first-order valence-corrected chi connectivity index (χ1v) is 5.43. The van der Waals surface area contributed by atoms with Crippen molar-refractivity contribution >= 4 is 0 Å². The maximum atomic E-state index is 13.0. The average Bonchev–Trinajstić information content (AvgIpc) is 2.63. The van der Waals surface area contributed by atoms with Crippen LogP contribution in [0.1, 0.15) is 24.0 Å². The molecule has 2 heterocycles. The number of hydrogen-bond acceptors (Lipinski definition) is 2. The third-order valence-corrected chi connectivity index (χ3v) is 3.53. The van der Waals surface area contributed by atoms with E-state index in [0.717, 1.165) is 18.0 Å². The van der Waals surface area contributed by atoms with Gasteiger partial charge >= 0.3 is 0 Å². The minimum absolute atomic E-state index is 0.195. The summed E-state index contributed by atoms with van der Waals surface area (Å²) in [7, 11) is 0. The third-order valence-electron chi connectivity index (χ3n) is 3.53. The van der Waals surface area contributed by atoms with Crippen LogP contribution in [0.5, 0.6) is 0 Å². The van der Waals surface area contributed by atoms with Crippen LogP contribution in [0.15, 0.2) is 24.3 Å². The van der Waals surface area contributed by atoms with Gasteiger partial charge in [0.2, 0.25) is 0 Å². The summed E-state index contributed by atoms with van der Waals surface area (Å²) >= 11 is 0. The molecule has 0 saturated carbocycles. The van der Waals surface area contributed by atoms with Crippen LogP contribution in [0.25, 0.3) is 0 Å². The summed E-state index contributed by atoms with van der Waals surface area (Å²) in [5.41, 5.74) is 2.35. The standard InChI is InChI=1S/C12H14FNO/c13-14-7-5-12(6-8-14)11-4-2-1-3-10(11)9-15-12/h1-4H,5-9H2. The molecule has 15 heavy (non-hydrogen) atoms. The second-order valence-electron chi connectivity index (χ2n) is 4.35. The third kappa shape index (κ3) is 1.38. The van der Waals surface area contributed by atoms with Crippen molar-refractivity contribution in [1.82, 2.24) is 5.12 Å². The monoisotopic (exact) mass is 207 g/mol. The van der Waals surface area contributed by atoms with Crippen molar-refractivity contribution in [2.45, 2.75) is 25.0 Å². The second kappa shape index (κ2) is 3.29. The lowest BCUT2D eigenvalue weighted by atomic mass is 9.84. The highest BCUT2D eigenvalue weighted by atomic mass is 19.2. The molecule has 0 aromatic heterocycles. The Morgan fingerprint density at radius 1 is 1.20 bits per heavy atom. The molecule has 0 amide bonds. The zero-order valence-electron chi connectivity index (χ0n) is 8.58. The first-order chi connectivity index (χ1) is 7.30. The fourth-order valence-corrected chi connectivity index (χ4v) is 2.64. The Bertz CT molecular complexity index is 372. The highest BCUT2D eigenvalue weighted by molar-refractivity contribution is 5.35. The van der Waals surface area contributed by atoms with Gasteiger partial charge in [-0.1, -0.05) is 24.3 Å². The van der Waals surface area contributed by atoms with Crippen molar-refractivity contribution in [3.05, 3.63) is 35.4 Å². The van der Waals surface area contributed by atoms with E-state index in [-0.39, 0.29) is 5.60 Å². The molecule has 1 saturated heterocycles. The Morgan fingerprint density at radius 3 is 2.73 bits per heavy atom. The second-order valence-corrected chi connectivity index (χ2v) is 4.35. The number of hydrogen-bond donors (Lipinski definition) is 0. The van der Waals surface area contributed by atoms with Crippen LogP contribution in [0.2, 0.25) is 0 Å². The zero-order valence-corrected chi connectivity index (χ0v) is 8.58. The van der Waals surface area contributed by atoms with Crippen molar-refractivity contribution in [2.75, 3.05) is 13.1 Å². The molecule has 0 radical (unpaired) electrons. The van der Waals surface area contributed by atoms with Gasteiger partial charge in [0.1, 0.15) is 0 Å². The van der Waals surface area contributed by atoms with E-state index in [4.69, 9.17) is 4.74 Å². The van der Waals surface area contributed by atoms with E-state index in [0.29, 0.717) is 19.7 Å². The Balaban J connectivity index is 1.95. The van der Waals surface area contributed by atoms with Gasteiger partial charge in [0.05, 0.1) is 12.2 Å². The van der Waals surface area contributed by atoms with Crippen LogP contribution in [0.4, 0.5) is 4.48 Å². The predicted molar refractivity (Wildman–Crippen MR) is 54.8 cm³/mol. The van der Waals surface area contributed by atoms with Crippen LogP contribution < -0.4 is 0 Å². The molecule has 1 aromatic carbocycles. The van der Waals surface area contributed by atoms with Crippen molar-refractivity contribution in [1.29, 1.82) is 0 Å². The van der Waals surface area contributed by atoms with Gasteiger partial charge in [0.25, 0.3) is 0 Å². The maximum Gasteiger partial charge on any atom is 0.0965 e. The summed E-state index contributed by atoms with van der Waals surface area (Å²) in [6.07, 6.45) is 1.53. The largest absolute Gasteiger partial charge is 0.365 e. The van der Waals surface area contributed by atoms with Gasteiger partial charge in [0, 0.05) is 13.1 Å². The fourth-order valence-electron chi connectivity index (χ4n) is 2.64. The smallest absolute Gasteiger partial charge is 0.0965 e. The van der Waals surface area contributed by atoms with E-state index in [1.54, 1.807) is 0 Å². The summed E-state index contributed by atoms with van der Waals surface area (Å²) in [6, 6.07) is 8.30. The topological polar surface area (TPSA) is 12.5 Å². The lowest BCUT2D eigenvalue weighted by Gasteiger charge is -2.35. The van der Waals surface area contributed by atoms with Gasteiger partial charge in [-0.15, -0.1) is 9.60 Å². The lowest BCUT2D eigenvalue weighted by molar-refractivity contribution is -0.116. The maximum absolute atomic E-state index is 13.0. The van der Waals surface area contributed by atoms with Gasteiger partial charge < -0.3 is 4.74 Å². The van der Waals surface area contributed by atoms with Crippen molar-refractivity contribution in [3.63, 3.8) is 0 Å². The average molecular weight is 207 g/mol. The van der Waals surface area contributed by atoms with E-state index in [1.165, 1.54) is 11.1 Å². The number of nitrogens with zero attached hydrogens (tertiary/aromatic N) is 1. The highest BCUT2D eigenvalue weighted by Crippen LogP contribution is 2.43. The minimum Gasteiger partial charge on any atom is -0.365 e. The molecular weight excluding hydrogens is 193 g/mol. The molecule has 1 fully saturated rings. The van der Waals surface area contributed by atoms with Crippen molar-refractivity contribution in [2.24, 2.45) is 0 Å². The Kier molecular flexibility index (Phi) is 2.04. The molecule has 0 aliphatic carbocycles. The molecule has 1 spiro atoms. The van der Waals surface area contributed by atoms with Crippen LogP contribution in [-0.2, 0) is 16.9 Å². The number of benzene rings is 1. The molecule has 2 aliphatic heterocycles. The first kappa shape index (κ1) is 9.31. The number of ether oxygens (including phenoxy) is 1. The molecule has 1 aromatic rings. The molecule has 3 heteroatoms. The number of piperidine rings is 1.